The molecule has 0 amide bonds. The number of carbonyl (C=O) groups is 1. The Bertz CT molecular complexity index is 847. The molecule has 1 aliphatic rings. The first-order valence-corrected chi connectivity index (χ1v) is 8.54. The Hall–Kier alpha value is -2.57. The van der Waals surface area contributed by atoms with Crippen LogP contribution in [-0.4, -0.2) is 17.2 Å². The summed E-state index contributed by atoms with van der Waals surface area (Å²) in [5, 5.41) is 8.92. The van der Waals surface area contributed by atoms with E-state index in [4.69, 9.17) is 9.84 Å². The second-order valence-corrected chi connectivity index (χ2v) is 6.82. The van der Waals surface area contributed by atoms with Gasteiger partial charge >= 0.3 is 5.97 Å². The van der Waals surface area contributed by atoms with Gasteiger partial charge in [0.05, 0.1) is 17.3 Å². The van der Waals surface area contributed by atoms with Gasteiger partial charge in [-0.3, -0.25) is 0 Å². The number of carboxylic acid groups (broad SMARTS) is 1. The minimum atomic E-state index is -0.927. The predicted octanol–water partition coefficient (Wildman–Crippen LogP) is 4.51. The van der Waals surface area contributed by atoms with Crippen molar-refractivity contribution in [3.63, 3.8) is 0 Å². The zero-order valence-corrected chi connectivity index (χ0v) is 14.8. The summed E-state index contributed by atoms with van der Waals surface area (Å²) >= 11 is 0. The molecule has 1 saturated carbocycles. The van der Waals surface area contributed by atoms with Gasteiger partial charge in [0, 0.05) is 11.1 Å². The number of rotatable bonds is 4. The molecule has 3 nitrogen and oxygen atoms in total. The lowest BCUT2D eigenvalue weighted by Crippen LogP contribution is -2.18. The Labute approximate surface area is 148 Å². The highest BCUT2D eigenvalue weighted by Crippen LogP contribution is 2.51. The number of aryl methyl sites for hydroxylation is 1. The fourth-order valence-electron chi connectivity index (χ4n) is 3.11. The summed E-state index contributed by atoms with van der Waals surface area (Å²) in [6.07, 6.45) is 2.37. The van der Waals surface area contributed by atoms with Crippen molar-refractivity contribution in [1.29, 1.82) is 0 Å². The molecule has 0 unspecified atom stereocenters. The number of ether oxygens (including phenoxy) is 1. The number of hydrogen-bond donors (Lipinski definition) is 1. The molecule has 1 N–H and O–H groups in total. The molecular weight excluding hydrogens is 312 g/mol. The summed E-state index contributed by atoms with van der Waals surface area (Å²) in [5.41, 5.74) is 4.38. The van der Waals surface area contributed by atoms with Crippen LogP contribution in [0.5, 0.6) is 0 Å². The van der Waals surface area contributed by atoms with Crippen molar-refractivity contribution in [3.8, 4) is 11.8 Å². The molecule has 25 heavy (non-hydrogen) atoms. The summed E-state index contributed by atoms with van der Waals surface area (Å²) in [4.78, 5) is 10.9. The zero-order chi connectivity index (χ0) is 18.0. The van der Waals surface area contributed by atoms with Crippen LogP contribution in [0.2, 0.25) is 0 Å². The molecule has 2 aromatic rings. The van der Waals surface area contributed by atoms with Gasteiger partial charge in [-0.2, -0.15) is 0 Å². The standard InChI is InChI=1S/C22H22O3/c1-15(2)25-22(12-13-22)20-11-8-18(14-16(20)3)5-4-17-6-9-19(10-7-17)21(23)24/h6-11,14-15H,12-13H2,1-3H3,(H,23,24). The van der Waals surface area contributed by atoms with Crippen LogP contribution in [-0.2, 0) is 10.3 Å². The van der Waals surface area contributed by atoms with Gasteiger partial charge in [-0.15, -0.1) is 0 Å². The van der Waals surface area contributed by atoms with Gasteiger partial charge in [-0.1, -0.05) is 17.9 Å². The van der Waals surface area contributed by atoms with Crippen LogP contribution in [0, 0.1) is 18.8 Å². The van der Waals surface area contributed by atoms with Crippen LogP contribution in [0.15, 0.2) is 42.5 Å². The lowest BCUT2D eigenvalue weighted by Gasteiger charge is -2.22. The Kier molecular flexibility index (Phi) is 4.65. The molecule has 3 rings (SSSR count). The lowest BCUT2D eigenvalue weighted by atomic mass is 9.98. The van der Waals surface area contributed by atoms with Crippen molar-refractivity contribution in [3.05, 3.63) is 70.3 Å². The third-order valence-electron chi connectivity index (χ3n) is 4.37. The van der Waals surface area contributed by atoms with E-state index in [0.717, 1.165) is 24.0 Å². The molecule has 0 bridgehead atoms. The predicted molar refractivity (Wildman–Crippen MR) is 97.7 cm³/mol. The van der Waals surface area contributed by atoms with Crippen LogP contribution >= 0.6 is 0 Å². The van der Waals surface area contributed by atoms with E-state index in [1.165, 1.54) is 11.1 Å². The highest BCUT2D eigenvalue weighted by Gasteiger charge is 2.47. The average molecular weight is 334 g/mol. The van der Waals surface area contributed by atoms with Gasteiger partial charge in [0.1, 0.15) is 0 Å². The molecule has 0 atom stereocenters. The maximum Gasteiger partial charge on any atom is 0.335 e. The quantitative estimate of drug-likeness (QED) is 0.837. The van der Waals surface area contributed by atoms with Gasteiger partial charge in [0.25, 0.3) is 0 Å². The molecule has 2 aromatic carbocycles. The Morgan fingerprint density at radius 2 is 1.68 bits per heavy atom. The van der Waals surface area contributed by atoms with Crippen molar-refractivity contribution in [1.82, 2.24) is 0 Å². The molecule has 0 radical (unpaired) electrons. The molecule has 128 valence electrons. The van der Waals surface area contributed by atoms with Crippen molar-refractivity contribution in [2.75, 3.05) is 0 Å². The molecule has 0 spiro atoms. The maximum atomic E-state index is 10.9. The molecule has 0 saturated heterocycles. The van der Waals surface area contributed by atoms with Crippen LogP contribution < -0.4 is 0 Å². The highest BCUT2D eigenvalue weighted by molar-refractivity contribution is 5.87. The summed E-state index contributed by atoms with van der Waals surface area (Å²) < 4.78 is 6.13. The maximum absolute atomic E-state index is 10.9. The van der Waals surface area contributed by atoms with E-state index in [1.807, 2.05) is 6.07 Å². The summed E-state index contributed by atoms with van der Waals surface area (Å²) in [5.74, 6) is 5.31. The van der Waals surface area contributed by atoms with E-state index in [-0.39, 0.29) is 17.3 Å². The van der Waals surface area contributed by atoms with E-state index in [1.54, 1.807) is 24.3 Å². The molecule has 1 fully saturated rings. The second-order valence-electron chi connectivity index (χ2n) is 6.82. The van der Waals surface area contributed by atoms with Gasteiger partial charge in [-0.25, -0.2) is 4.79 Å². The topological polar surface area (TPSA) is 46.5 Å². The summed E-state index contributed by atoms with van der Waals surface area (Å²) in [6, 6.07) is 12.9. The van der Waals surface area contributed by atoms with E-state index in [0.29, 0.717) is 0 Å². The zero-order valence-electron chi connectivity index (χ0n) is 14.8. The molecule has 3 heteroatoms. The van der Waals surface area contributed by atoms with E-state index >= 15 is 0 Å². The first kappa shape index (κ1) is 17.3. The van der Waals surface area contributed by atoms with E-state index < -0.39 is 5.97 Å². The third kappa shape index (κ3) is 3.92. The fraction of sp³-hybridized carbons (Fsp3) is 0.318. The van der Waals surface area contributed by atoms with Crippen LogP contribution in [0.25, 0.3) is 0 Å². The summed E-state index contributed by atoms with van der Waals surface area (Å²) in [6.45, 7) is 6.25. The Morgan fingerprint density at radius 3 is 2.20 bits per heavy atom. The van der Waals surface area contributed by atoms with Gasteiger partial charge in [0.2, 0.25) is 0 Å². The Morgan fingerprint density at radius 1 is 1.08 bits per heavy atom. The lowest BCUT2D eigenvalue weighted by molar-refractivity contribution is -0.0146. The van der Waals surface area contributed by atoms with Gasteiger partial charge < -0.3 is 9.84 Å². The number of hydrogen-bond acceptors (Lipinski definition) is 2. The minimum absolute atomic E-state index is 0.100. The molecule has 0 aromatic heterocycles. The molecule has 0 heterocycles. The molecule has 0 aliphatic heterocycles. The SMILES string of the molecule is Cc1cc(C#Cc2ccc(C(=O)O)cc2)ccc1C1(OC(C)C)CC1. The van der Waals surface area contributed by atoms with Crippen molar-refractivity contribution < 1.29 is 14.6 Å². The Balaban J connectivity index is 1.79. The largest absolute Gasteiger partial charge is 0.478 e. The number of carboxylic acids is 1. The van der Waals surface area contributed by atoms with E-state index in [2.05, 4.69) is 44.7 Å². The number of aromatic carboxylic acids is 1. The van der Waals surface area contributed by atoms with Crippen LogP contribution in [0.3, 0.4) is 0 Å². The highest BCUT2D eigenvalue weighted by atomic mass is 16.5. The van der Waals surface area contributed by atoms with Crippen LogP contribution in [0.4, 0.5) is 0 Å². The third-order valence-corrected chi connectivity index (χ3v) is 4.37. The molecular formula is C22H22O3. The first-order valence-electron chi connectivity index (χ1n) is 8.54. The second kappa shape index (κ2) is 6.74. The monoisotopic (exact) mass is 334 g/mol. The number of benzene rings is 2. The first-order chi connectivity index (χ1) is 11.9. The summed E-state index contributed by atoms with van der Waals surface area (Å²) in [7, 11) is 0. The smallest absolute Gasteiger partial charge is 0.335 e. The molecule has 1 aliphatic carbocycles. The average Bonchev–Trinajstić information content (AvgIpc) is 3.32. The normalized spacial score (nSPS) is 14.7. The van der Waals surface area contributed by atoms with Gasteiger partial charge in [-0.05, 0) is 81.1 Å². The van der Waals surface area contributed by atoms with Crippen molar-refractivity contribution in [2.24, 2.45) is 0 Å². The van der Waals surface area contributed by atoms with Crippen LogP contribution in [0.1, 0.15) is 59.3 Å². The van der Waals surface area contributed by atoms with Crippen molar-refractivity contribution >= 4 is 5.97 Å². The van der Waals surface area contributed by atoms with Gasteiger partial charge in [0.15, 0.2) is 0 Å². The van der Waals surface area contributed by atoms with Crippen molar-refractivity contribution in [2.45, 2.75) is 45.3 Å². The van der Waals surface area contributed by atoms with E-state index in [9.17, 15) is 4.79 Å². The fourth-order valence-corrected chi connectivity index (χ4v) is 3.11. The minimum Gasteiger partial charge on any atom is -0.478 e.